The number of aliphatic hydroxyl groups is 1. The molecule has 0 heterocycles. The summed E-state index contributed by atoms with van der Waals surface area (Å²) in [5.74, 6) is 0.832. The Morgan fingerprint density at radius 1 is 1.06 bits per heavy atom. The van der Waals surface area contributed by atoms with E-state index in [2.05, 4.69) is 6.92 Å². The molecule has 0 spiro atoms. The van der Waals surface area contributed by atoms with Gasteiger partial charge in [0.1, 0.15) is 5.75 Å². The highest BCUT2D eigenvalue weighted by Crippen LogP contribution is 2.30. The second kappa shape index (κ2) is 5.02. The molecule has 0 unspecified atom stereocenters. The first kappa shape index (κ1) is 11.7. The summed E-state index contributed by atoms with van der Waals surface area (Å²) in [6.07, 6.45) is 0. The molecule has 0 amide bonds. The van der Waals surface area contributed by atoms with Crippen LogP contribution < -0.4 is 4.74 Å². The summed E-state index contributed by atoms with van der Waals surface area (Å²) in [4.78, 5) is 0. The topological polar surface area (TPSA) is 29.5 Å². The second-order valence-electron chi connectivity index (χ2n) is 4.00. The lowest BCUT2D eigenvalue weighted by atomic mass is 9.96. The summed E-state index contributed by atoms with van der Waals surface area (Å²) < 4.78 is 5.24. The molecule has 2 heteroatoms. The molecular formula is C15H16O2. The lowest BCUT2D eigenvalue weighted by Gasteiger charge is -2.11. The molecule has 0 fully saturated rings. The molecule has 1 N–H and O–H groups in total. The van der Waals surface area contributed by atoms with Crippen LogP contribution >= 0.6 is 0 Å². The first-order valence-corrected chi connectivity index (χ1v) is 5.60. The van der Waals surface area contributed by atoms with Gasteiger partial charge in [-0.15, -0.1) is 0 Å². The van der Waals surface area contributed by atoms with E-state index >= 15 is 0 Å². The average molecular weight is 228 g/mol. The van der Waals surface area contributed by atoms with Crippen LogP contribution in [0.5, 0.6) is 5.75 Å². The standard InChI is InChI=1S/C15H16O2/c1-11-7-8-13(17-2)9-15(11)14-6-4-3-5-12(14)10-16/h3-9,16H,10H2,1-2H3. The molecule has 2 nitrogen and oxygen atoms in total. The van der Waals surface area contributed by atoms with E-state index in [-0.39, 0.29) is 6.61 Å². The van der Waals surface area contributed by atoms with Crippen molar-refractivity contribution in [2.45, 2.75) is 13.5 Å². The summed E-state index contributed by atoms with van der Waals surface area (Å²) >= 11 is 0. The monoisotopic (exact) mass is 228 g/mol. The van der Waals surface area contributed by atoms with Gasteiger partial charge in [-0.2, -0.15) is 0 Å². The molecule has 0 aliphatic rings. The fourth-order valence-electron chi connectivity index (χ4n) is 1.94. The first-order chi connectivity index (χ1) is 8.26. The van der Waals surface area contributed by atoms with Crippen molar-refractivity contribution < 1.29 is 9.84 Å². The number of rotatable bonds is 3. The van der Waals surface area contributed by atoms with Crippen molar-refractivity contribution in [3.63, 3.8) is 0 Å². The molecule has 2 aromatic rings. The van der Waals surface area contributed by atoms with Crippen LogP contribution in [0, 0.1) is 6.92 Å². The Morgan fingerprint density at radius 2 is 1.82 bits per heavy atom. The van der Waals surface area contributed by atoms with Crippen LogP contribution in [0.3, 0.4) is 0 Å². The van der Waals surface area contributed by atoms with E-state index in [9.17, 15) is 5.11 Å². The zero-order chi connectivity index (χ0) is 12.3. The molecule has 0 saturated heterocycles. The molecular weight excluding hydrogens is 212 g/mol. The maximum absolute atomic E-state index is 9.37. The lowest BCUT2D eigenvalue weighted by Crippen LogP contribution is -1.92. The van der Waals surface area contributed by atoms with E-state index in [0.717, 1.165) is 22.4 Å². The van der Waals surface area contributed by atoms with Crippen LogP contribution in [-0.2, 0) is 6.61 Å². The van der Waals surface area contributed by atoms with Gasteiger partial charge in [-0.05, 0) is 41.3 Å². The van der Waals surface area contributed by atoms with Crippen LogP contribution in [-0.4, -0.2) is 12.2 Å². The van der Waals surface area contributed by atoms with Gasteiger partial charge in [0.2, 0.25) is 0 Å². The van der Waals surface area contributed by atoms with Crippen molar-refractivity contribution in [3.8, 4) is 16.9 Å². The SMILES string of the molecule is COc1ccc(C)c(-c2ccccc2CO)c1. The number of hydrogen-bond donors (Lipinski definition) is 1. The van der Waals surface area contributed by atoms with Crippen molar-refractivity contribution >= 4 is 0 Å². The van der Waals surface area contributed by atoms with Crippen molar-refractivity contribution in [2.75, 3.05) is 7.11 Å². The third-order valence-corrected chi connectivity index (χ3v) is 2.92. The maximum Gasteiger partial charge on any atom is 0.119 e. The lowest BCUT2D eigenvalue weighted by molar-refractivity contribution is 0.282. The van der Waals surface area contributed by atoms with E-state index in [1.54, 1.807) is 7.11 Å². The predicted octanol–water partition coefficient (Wildman–Crippen LogP) is 3.16. The highest BCUT2D eigenvalue weighted by Gasteiger charge is 2.07. The van der Waals surface area contributed by atoms with Crippen LogP contribution in [0.15, 0.2) is 42.5 Å². The number of methoxy groups -OCH3 is 1. The molecule has 2 aromatic carbocycles. The van der Waals surface area contributed by atoms with Gasteiger partial charge in [-0.3, -0.25) is 0 Å². The molecule has 88 valence electrons. The summed E-state index contributed by atoms with van der Waals surface area (Å²) in [6.45, 7) is 2.11. The van der Waals surface area contributed by atoms with E-state index in [1.807, 2.05) is 42.5 Å². The average Bonchev–Trinajstić information content (AvgIpc) is 2.39. The van der Waals surface area contributed by atoms with Gasteiger partial charge < -0.3 is 9.84 Å². The van der Waals surface area contributed by atoms with Gasteiger partial charge in [0.25, 0.3) is 0 Å². The maximum atomic E-state index is 9.37. The van der Waals surface area contributed by atoms with Gasteiger partial charge in [0.05, 0.1) is 13.7 Å². The van der Waals surface area contributed by atoms with Crippen LogP contribution in [0.2, 0.25) is 0 Å². The first-order valence-electron chi connectivity index (χ1n) is 5.60. The molecule has 0 aromatic heterocycles. The fraction of sp³-hybridized carbons (Fsp3) is 0.200. The van der Waals surface area contributed by atoms with Crippen molar-refractivity contribution in [1.29, 1.82) is 0 Å². The molecule has 0 aliphatic carbocycles. The largest absolute Gasteiger partial charge is 0.497 e. The van der Waals surface area contributed by atoms with Gasteiger partial charge >= 0.3 is 0 Å². The van der Waals surface area contributed by atoms with Gasteiger partial charge in [-0.1, -0.05) is 30.3 Å². The molecule has 0 bridgehead atoms. The molecule has 0 radical (unpaired) electrons. The Morgan fingerprint density at radius 3 is 2.53 bits per heavy atom. The van der Waals surface area contributed by atoms with Crippen LogP contribution in [0.1, 0.15) is 11.1 Å². The van der Waals surface area contributed by atoms with E-state index in [1.165, 1.54) is 5.56 Å². The number of benzene rings is 2. The van der Waals surface area contributed by atoms with Crippen molar-refractivity contribution in [1.82, 2.24) is 0 Å². The third kappa shape index (κ3) is 2.32. The number of hydrogen-bond acceptors (Lipinski definition) is 2. The van der Waals surface area contributed by atoms with Crippen molar-refractivity contribution in [2.24, 2.45) is 0 Å². The fourth-order valence-corrected chi connectivity index (χ4v) is 1.94. The molecule has 0 saturated carbocycles. The molecule has 2 rings (SSSR count). The Bertz CT molecular complexity index is 518. The summed E-state index contributed by atoms with van der Waals surface area (Å²) in [6, 6.07) is 13.9. The minimum absolute atomic E-state index is 0.0484. The Balaban J connectivity index is 2.59. The van der Waals surface area contributed by atoms with Gasteiger partial charge in [-0.25, -0.2) is 0 Å². The number of aliphatic hydroxyl groups excluding tert-OH is 1. The summed E-state index contributed by atoms with van der Waals surface area (Å²) in [7, 11) is 1.66. The predicted molar refractivity (Wildman–Crippen MR) is 69.1 cm³/mol. The minimum Gasteiger partial charge on any atom is -0.497 e. The van der Waals surface area contributed by atoms with Crippen molar-refractivity contribution in [3.05, 3.63) is 53.6 Å². The van der Waals surface area contributed by atoms with E-state index in [4.69, 9.17) is 4.74 Å². The Kier molecular flexibility index (Phi) is 3.45. The zero-order valence-corrected chi connectivity index (χ0v) is 10.1. The minimum atomic E-state index is 0.0484. The highest BCUT2D eigenvalue weighted by molar-refractivity contribution is 5.71. The number of aryl methyl sites for hydroxylation is 1. The van der Waals surface area contributed by atoms with E-state index < -0.39 is 0 Å². The van der Waals surface area contributed by atoms with Gasteiger partial charge in [0.15, 0.2) is 0 Å². The van der Waals surface area contributed by atoms with Crippen LogP contribution in [0.4, 0.5) is 0 Å². The summed E-state index contributed by atoms with van der Waals surface area (Å²) in [5, 5.41) is 9.37. The van der Waals surface area contributed by atoms with E-state index in [0.29, 0.717) is 0 Å². The Labute approximate surface area is 101 Å². The summed E-state index contributed by atoms with van der Waals surface area (Å²) in [5.41, 5.74) is 4.27. The molecule has 17 heavy (non-hydrogen) atoms. The number of ether oxygens (including phenoxy) is 1. The van der Waals surface area contributed by atoms with Gasteiger partial charge in [0, 0.05) is 0 Å². The third-order valence-electron chi connectivity index (χ3n) is 2.92. The highest BCUT2D eigenvalue weighted by atomic mass is 16.5. The van der Waals surface area contributed by atoms with Crippen LogP contribution in [0.25, 0.3) is 11.1 Å². The normalized spacial score (nSPS) is 10.3. The molecule has 0 atom stereocenters. The quantitative estimate of drug-likeness (QED) is 0.874. The molecule has 0 aliphatic heterocycles. The Hall–Kier alpha value is -1.80. The zero-order valence-electron chi connectivity index (χ0n) is 10.1. The second-order valence-corrected chi connectivity index (χ2v) is 4.00. The smallest absolute Gasteiger partial charge is 0.119 e.